The summed E-state index contributed by atoms with van der Waals surface area (Å²) in [4.78, 5) is 14.6. The van der Waals surface area contributed by atoms with Gasteiger partial charge in [-0.1, -0.05) is 30.9 Å². The number of carbonyl (C=O) groups is 1. The molecule has 1 aliphatic heterocycles. The lowest BCUT2D eigenvalue weighted by Gasteiger charge is -2.17. The molecular weight excluding hydrogens is 457 g/mol. The van der Waals surface area contributed by atoms with Crippen LogP contribution in [0.2, 0.25) is 0 Å². The minimum Gasteiger partial charge on any atom is -0.493 e. The van der Waals surface area contributed by atoms with E-state index in [0.29, 0.717) is 21.5 Å². The number of methoxy groups -OCH3 is 1. The van der Waals surface area contributed by atoms with Crippen LogP contribution in [0.5, 0.6) is 11.5 Å². The third-order valence-corrected chi connectivity index (χ3v) is 5.81. The minimum absolute atomic E-state index is 0.0404. The summed E-state index contributed by atoms with van der Waals surface area (Å²) in [5, 5.41) is 0. The molecule has 7 heteroatoms. The average Bonchev–Trinajstić information content (AvgIpc) is 2.82. The molecule has 1 aliphatic rings. The summed E-state index contributed by atoms with van der Waals surface area (Å²) in [6.07, 6.45) is 2.88. The van der Waals surface area contributed by atoms with Gasteiger partial charge in [0.05, 0.1) is 21.7 Å². The first-order valence-corrected chi connectivity index (χ1v) is 10.0. The lowest BCUT2D eigenvalue weighted by atomic mass is 10.1. The summed E-state index contributed by atoms with van der Waals surface area (Å²) >= 11 is 8.81. The van der Waals surface area contributed by atoms with E-state index in [0.717, 1.165) is 21.3 Å². The first-order chi connectivity index (χ1) is 11.4. The normalized spacial score (nSPS) is 17.5. The van der Waals surface area contributed by atoms with Crippen molar-refractivity contribution in [1.82, 2.24) is 4.90 Å². The summed E-state index contributed by atoms with van der Waals surface area (Å²) in [7, 11) is 1.62. The highest BCUT2D eigenvalue weighted by atomic mass is 127. The van der Waals surface area contributed by atoms with Crippen LogP contribution in [0.25, 0.3) is 6.08 Å². The Bertz CT molecular complexity index is 691. The molecule has 130 valence electrons. The quantitative estimate of drug-likeness (QED) is 0.338. The van der Waals surface area contributed by atoms with Gasteiger partial charge in [-0.25, -0.2) is 0 Å². The molecule has 0 unspecified atom stereocenters. The number of ether oxygens (including phenoxy) is 2. The Morgan fingerprint density at radius 3 is 2.67 bits per heavy atom. The van der Waals surface area contributed by atoms with Gasteiger partial charge in [0.1, 0.15) is 4.32 Å². The van der Waals surface area contributed by atoms with Crippen molar-refractivity contribution in [2.75, 3.05) is 13.7 Å². The third-order valence-electron chi connectivity index (χ3n) is 3.63. The van der Waals surface area contributed by atoms with Gasteiger partial charge in [0.15, 0.2) is 11.5 Å². The highest BCUT2D eigenvalue weighted by Gasteiger charge is 2.30. The number of rotatable bonds is 6. The van der Waals surface area contributed by atoms with Gasteiger partial charge in [-0.15, -0.1) is 0 Å². The van der Waals surface area contributed by atoms with Crippen molar-refractivity contribution < 1.29 is 14.3 Å². The van der Waals surface area contributed by atoms with E-state index in [9.17, 15) is 4.79 Å². The first-order valence-electron chi connectivity index (χ1n) is 7.70. The Hall–Kier alpha value is -0.800. The van der Waals surface area contributed by atoms with Crippen LogP contribution in [0.1, 0.15) is 32.8 Å². The molecule has 0 bridgehead atoms. The number of thioether (sulfide) groups is 1. The maximum Gasteiger partial charge on any atom is 0.266 e. The summed E-state index contributed by atoms with van der Waals surface area (Å²) in [5.74, 6) is 1.37. The van der Waals surface area contributed by atoms with E-state index in [4.69, 9.17) is 21.7 Å². The average molecular weight is 477 g/mol. The standard InChI is InChI=1S/C17H20INO3S2/c1-5-10(3)22-15-12(18)7-11(8-13(15)21-4)9-14-16(20)19(6-2)17(23)24-14/h7-10H,5-6H2,1-4H3/b14-9-/t10-/m0/s1. The molecule has 2 rings (SSSR count). The maximum absolute atomic E-state index is 12.3. The molecule has 1 heterocycles. The van der Waals surface area contributed by atoms with Crippen molar-refractivity contribution in [2.45, 2.75) is 33.3 Å². The number of amides is 1. The molecule has 0 saturated carbocycles. The topological polar surface area (TPSA) is 38.8 Å². The van der Waals surface area contributed by atoms with E-state index in [1.54, 1.807) is 12.0 Å². The van der Waals surface area contributed by atoms with Gasteiger partial charge in [0.2, 0.25) is 0 Å². The molecule has 4 nitrogen and oxygen atoms in total. The zero-order valence-electron chi connectivity index (χ0n) is 14.1. The number of hydrogen-bond acceptors (Lipinski definition) is 5. The van der Waals surface area contributed by atoms with Gasteiger partial charge in [0, 0.05) is 6.54 Å². The zero-order chi connectivity index (χ0) is 17.9. The SMILES string of the molecule is CC[C@H](C)Oc1c(I)cc(/C=C2\SC(=S)N(CC)C2=O)cc1OC. The van der Waals surface area contributed by atoms with Crippen LogP contribution in [0.15, 0.2) is 17.0 Å². The van der Waals surface area contributed by atoms with Crippen molar-refractivity contribution in [2.24, 2.45) is 0 Å². The van der Waals surface area contributed by atoms with Crippen molar-refractivity contribution in [1.29, 1.82) is 0 Å². The smallest absolute Gasteiger partial charge is 0.266 e. The van der Waals surface area contributed by atoms with Crippen molar-refractivity contribution in [3.05, 3.63) is 26.2 Å². The first kappa shape index (κ1) is 19.5. The van der Waals surface area contributed by atoms with Gasteiger partial charge >= 0.3 is 0 Å². The molecule has 1 aromatic rings. The molecule has 1 amide bonds. The molecule has 0 N–H and O–H groups in total. The van der Waals surface area contributed by atoms with E-state index >= 15 is 0 Å². The minimum atomic E-state index is -0.0404. The number of likely N-dealkylation sites (N-methyl/N-ethyl adjacent to an activating group) is 1. The van der Waals surface area contributed by atoms with Crippen LogP contribution in [-0.2, 0) is 4.79 Å². The number of halogens is 1. The van der Waals surface area contributed by atoms with Crippen LogP contribution < -0.4 is 9.47 Å². The lowest BCUT2D eigenvalue weighted by molar-refractivity contribution is -0.121. The van der Waals surface area contributed by atoms with E-state index < -0.39 is 0 Å². The lowest BCUT2D eigenvalue weighted by Crippen LogP contribution is -2.27. The Morgan fingerprint density at radius 1 is 1.42 bits per heavy atom. The molecule has 0 spiro atoms. The Morgan fingerprint density at radius 2 is 2.12 bits per heavy atom. The summed E-state index contributed by atoms with van der Waals surface area (Å²) in [5.41, 5.74) is 0.893. The van der Waals surface area contributed by atoms with E-state index in [-0.39, 0.29) is 12.0 Å². The van der Waals surface area contributed by atoms with Crippen molar-refractivity contribution in [3.8, 4) is 11.5 Å². The summed E-state index contributed by atoms with van der Waals surface area (Å²) in [6.45, 7) is 6.61. The van der Waals surface area contributed by atoms with E-state index in [1.807, 2.05) is 32.1 Å². The molecule has 1 aromatic carbocycles. The predicted molar refractivity (Wildman–Crippen MR) is 112 cm³/mol. The van der Waals surface area contributed by atoms with Gasteiger partial charge in [0.25, 0.3) is 5.91 Å². The second-order valence-corrected chi connectivity index (χ2v) is 8.13. The molecular formula is C17H20INO3S2. The van der Waals surface area contributed by atoms with Crippen LogP contribution in [0, 0.1) is 3.57 Å². The van der Waals surface area contributed by atoms with Crippen LogP contribution in [0.4, 0.5) is 0 Å². The third kappa shape index (κ3) is 4.23. The maximum atomic E-state index is 12.3. The number of thiocarbonyl (C=S) groups is 1. The monoisotopic (exact) mass is 477 g/mol. The fourth-order valence-electron chi connectivity index (χ4n) is 2.15. The van der Waals surface area contributed by atoms with Crippen LogP contribution in [-0.4, -0.2) is 34.9 Å². The van der Waals surface area contributed by atoms with Crippen molar-refractivity contribution >= 4 is 62.9 Å². The Labute approximate surface area is 166 Å². The molecule has 1 atom stereocenters. The van der Waals surface area contributed by atoms with Crippen LogP contribution >= 0.6 is 46.6 Å². The Kier molecular flexibility index (Phi) is 6.94. The zero-order valence-corrected chi connectivity index (χ0v) is 17.9. The molecule has 24 heavy (non-hydrogen) atoms. The number of carbonyl (C=O) groups excluding carboxylic acids is 1. The predicted octanol–water partition coefficient (Wildman–Crippen LogP) is 4.70. The van der Waals surface area contributed by atoms with Gasteiger partial charge in [-0.3, -0.25) is 9.69 Å². The molecule has 1 saturated heterocycles. The number of nitrogens with zero attached hydrogens (tertiary/aromatic N) is 1. The summed E-state index contributed by atoms with van der Waals surface area (Å²) < 4.78 is 13.0. The highest BCUT2D eigenvalue weighted by molar-refractivity contribution is 14.1. The number of benzene rings is 1. The van der Waals surface area contributed by atoms with Gasteiger partial charge < -0.3 is 9.47 Å². The molecule has 0 aliphatic carbocycles. The van der Waals surface area contributed by atoms with E-state index in [2.05, 4.69) is 29.5 Å². The largest absolute Gasteiger partial charge is 0.493 e. The molecule has 0 radical (unpaired) electrons. The second-order valence-electron chi connectivity index (χ2n) is 5.30. The highest BCUT2D eigenvalue weighted by Crippen LogP contribution is 2.37. The van der Waals surface area contributed by atoms with E-state index in [1.165, 1.54) is 11.8 Å². The van der Waals surface area contributed by atoms with Gasteiger partial charge in [-0.2, -0.15) is 0 Å². The fourth-order valence-corrected chi connectivity index (χ4v) is 4.28. The molecule has 1 fully saturated rings. The van der Waals surface area contributed by atoms with Crippen LogP contribution in [0.3, 0.4) is 0 Å². The number of hydrogen-bond donors (Lipinski definition) is 0. The second kappa shape index (κ2) is 8.53. The van der Waals surface area contributed by atoms with Crippen molar-refractivity contribution in [3.63, 3.8) is 0 Å². The summed E-state index contributed by atoms with van der Waals surface area (Å²) in [6, 6.07) is 3.87. The Balaban J connectivity index is 2.36. The fraction of sp³-hybridized carbons (Fsp3) is 0.412. The van der Waals surface area contributed by atoms with Gasteiger partial charge in [-0.05, 0) is 66.6 Å². The molecule has 0 aromatic heterocycles.